The fourth-order valence-corrected chi connectivity index (χ4v) is 2.84. The van der Waals surface area contributed by atoms with Crippen molar-refractivity contribution < 1.29 is 10.2 Å². The molecule has 1 aliphatic rings. The van der Waals surface area contributed by atoms with Crippen LogP contribution in [0.2, 0.25) is 0 Å². The first-order valence-corrected chi connectivity index (χ1v) is 6.13. The van der Waals surface area contributed by atoms with E-state index < -0.39 is 6.29 Å². The van der Waals surface area contributed by atoms with Gasteiger partial charge in [0.2, 0.25) is 0 Å². The zero-order valence-corrected chi connectivity index (χ0v) is 10.4. The van der Waals surface area contributed by atoms with Crippen LogP contribution in [0.15, 0.2) is 0 Å². The van der Waals surface area contributed by atoms with E-state index in [9.17, 15) is 10.2 Å². The summed E-state index contributed by atoms with van der Waals surface area (Å²) >= 11 is 0. The van der Waals surface area contributed by atoms with Gasteiger partial charge in [0.1, 0.15) is 0 Å². The number of rotatable bonds is 3. The van der Waals surface area contributed by atoms with Crippen molar-refractivity contribution in [2.24, 2.45) is 29.6 Å². The second-order valence-electron chi connectivity index (χ2n) is 5.57. The van der Waals surface area contributed by atoms with Crippen molar-refractivity contribution in [3.63, 3.8) is 0 Å². The summed E-state index contributed by atoms with van der Waals surface area (Å²) in [5.41, 5.74) is 0. The Bertz CT molecular complexity index is 189. The molecule has 0 aliphatic heterocycles. The van der Waals surface area contributed by atoms with Gasteiger partial charge in [-0.15, -0.1) is 0 Å². The van der Waals surface area contributed by atoms with Crippen LogP contribution in [-0.2, 0) is 0 Å². The number of aliphatic hydroxyl groups excluding tert-OH is 1. The second kappa shape index (κ2) is 5.31. The van der Waals surface area contributed by atoms with Gasteiger partial charge in [-0.1, -0.05) is 27.7 Å². The lowest BCUT2D eigenvalue weighted by Gasteiger charge is -2.41. The Labute approximate surface area is 93.7 Å². The molecule has 1 aliphatic carbocycles. The number of aliphatic hydroxyl groups is 2. The Morgan fingerprint density at radius 2 is 1.80 bits per heavy atom. The van der Waals surface area contributed by atoms with Crippen LogP contribution in [-0.4, -0.2) is 16.5 Å². The van der Waals surface area contributed by atoms with Gasteiger partial charge < -0.3 is 10.2 Å². The predicted octanol–water partition coefficient (Wildman–Crippen LogP) is 2.46. The highest BCUT2D eigenvalue weighted by Gasteiger charge is 2.36. The molecule has 1 radical (unpaired) electrons. The summed E-state index contributed by atoms with van der Waals surface area (Å²) in [5, 5.41) is 18.6. The van der Waals surface area contributed by atoms with E-state index in [0.29, 0.717) is 23.7 Å². The highest BCUT2D eigenvalue weighted by Crippen LogP contribution is 2.41. The average Bonchev–Trinajstić information content (AvgIpc) is 2.15. The largest absolute Gasteiger partial charge is 0.368 e. The first kappa shape index (κ1) is 13.0. The lowest BCUT2D eigenvalue weighted by Crippen LogP contribution is -2.37. The van der Waals surface area contributed by atoms with Gasteiger partial charge in [0.25, 0.3) is 0 Å². The molecule has 4 atom stereocenters. The minimum atomic E-state index is -1.17. The summed E-state index contributed by atoms with van der Waals surface area (Å²) in [6.07, 6.45) is 3.52. The normalized spacial score (nSPS) is 34.8. The van der Waals surface area contributed by atoms with Crippen molar-refractivity contribution >= 4 is 0 Å². The van der Waals surface area contributed by atoms with Crippen molar-refractivity contribution in [2.75, 3.05) is 0 Å². The molecule has 15 heavy (non-hydrogen) atoms. The molecular weight excluding hydrogens is 188 g/mol. The maximum Gasteiger partial charge on any atom is 0.154 e. The minimum Gasteiger partial charge on any atom is -0.368 e. The summed E-state index contributed by atoms with van der Waals surface area (Å²) < 4.78 is 0. The molecule has 0 bridgehead atoms. The SMILES string of the molecule is CC(C(O)O)C1C[C@H](C)C[CH][C@H]1C(C)C. The van der Waals surface area contributed by atoms with Crippen LogP contribution in [0.3, 0.4) is 0 Å². The average molecular weight is 213 g/mol. The van der Waals surface area contributed by atoms with E-state index in [2.05, 4.69) is 27.2 Å². The van der Waals surface area contributed by atoms with Crippen LogP contribution in [0.1, 0.15) is 40.5 Å². The maximum atomic E-state index is 9.30. The third-order valence-electron chi connectivity index (χ3n) is 3.89. The van der Waals surface area contributed by atoms with Gasteiger partial charge in [-0.2, -0.15) is 0 Å². The molecule has 0 spiro atoms. The van der Waals surface area contributed by atoms with Crippen LogP contribution in [0, 0.1) is 36.0 Å². The van der Waals surface area contributed by atoms with E-state index in [1.54, 1.807) is 0 Å². The zero-order valence-electron chi connectivity index (χ0n) is 10.4. The Balaban J connectivity index is 2.69. The van der Waals surface area contributed by atoms with Gasteiger partial charge in [0, 0.05) is 5.92 Å². The van der Waals surface area contributed by atoms with Crippen molar-refractivity contribution in [3.8, 4) is 0 Å². The smallest absolute Gasteiger partial charge is 0.154 e. The summed E-state index contributed by atoms with van der Waals surface area (Å²) in [6, 6.07) is 0. The van der Waals surface area contributed by atoms with Crippen LogP contribution in [0.4, 0.5) is 0 Å². The van der Waals surface area contributed by atoms with Crippen LogP contribution < -0.4 is 0 Å². The van der Waals surface area contributed by atoms with E-state index >= 15 is 0 Å². The fourth-order valence-electron chi connectivity index (χ4n) is 2.84. The molecular formula is C13H25O2. The lowest BCUT2D eigenvalue weighted by molar-refractivity contribution is -0.107. The van der Waals surface area contributed by atoms with Gasteiger partial charge in [-0.25, -0.2) is 0 Å². The Morgan fingerprint density at radius 3 is 2.27 bits per heavy atom. The van der Waals surface area contributed by atoms with E-state index in [4.69, 9.17) is 0 Å². The molecule has 1 rings (SSSR count). The van der Waals surface area contributed by atoms with E-state index in [0.717, 1.165) is 6.42 Å². The van der Waals surface area contributed by atoms with Crippen LogP contribution >= 0.6 is 0 Å². The molecule has 0 aromatic carbocycles. The highest BCUT2D eigenvalue weighted by atomic mass is 16.5. The van der Waals surface area contributed by atoms with E-state index in [1.807, 2.05) is 6.92 Å². The predicted molar refractivity (Wildman–Crippen MR) is 61.9 cm³/mol. The molecule has 2 nitrogen and oxygen atoms in total. The molecule has 2 N–H and O–H groups in total. The van der Waals surface area contributed by atoms with E-state index in [1.165, 1.54) is 6.42 Å². The number of hydrogen-bond donors (Lipinski definition) is 2. The van der Waals surface area contributed by atoms with Crippen molar-refractivity contribution in [3.05, 3.63) is 6.42 Å². The Morgan fingerprint density at radius 1 is 1.20 bits per heavy atom. The van der Waals surface area contributed by atoms with Crippen LogP contribution in [0.5, 0.6) is 0 Å². The first-order valence-electron chi connectivity index (χ1n) is 6.13. The standard InChI is InChI=1S/C13H25O2/c1-8(2)11-6-5-9(3)7-12(11)10(4)13(14)15/h6,8-15H,5,7H2,1-4H3/t9-,10?,11+,12?/m1/s1. The molecule has 2 unspecified atom stereocenters. The fraction of sp³-hybridized carbons (Fsp3) is 0.923. The molecule has 2 heteroatoms. The molecule has 1 fully saturated rings. The van der Waals surface area contributed by atoms with Gasteiger partial charge in [-0.3, -0.25) is 0 Å². The van der Waals surface area contributed by atoms with Crippen molar-refractivity contribution in [2.45, 2.75) is 46.8 Å². The molecule has 0 aromatic heterocycles. The topological polar surface area (TPSA) is 40.5 Å². The van der Waals surface area contributed by atoms with Gasteiger partial charge in [-0.05, 0) is 42.9 Å². The summed E-state index contributed by atoms with van der Waals surface area (Å²) in [4.78, 5) is 0. The van der Waals surface area contributed by atoms with Gasteiger partial charge >= 0.3 is 0 Å². The van der Waals surface area contributed by atoms with Crippen molar-refractivity contribution in [1.82, 2.24) is 0 Å². The molecule has 0 aromatic rings. The van der Waals surface area contributed by atoms with E-state index in [-0.39, 0.29) is 5.92 Å². The van der Waals surface area contributed by atoms with Gasteiger partial charge in [0.05, 0.1) is 0 Å². The zero-order chi connectivity index (χ0) is 11.6. The quantitative estimate of drug-likeness (QED) is 0.707. The molecule has 0 amide bonds. The monoisotopic (exact) mass is 213 g/mol. The lowest BCUT2D eigenvalue weighted by atomic mass is 9.65. The molecule has 1 saturated carbocycles. The molecule has 0 heterocycles. The number of hydrogen-bond acceptors (Lipinski definition) is 2. The third kappa shape index (κ3) is 3.18. The van der Waals surface area contributed by atoms with Gasteiger partial charge in [0.15, 0.2) is 6.29 Å². The summed E-state index contributed by atoms with van der Waals surface area (Å²) in [5.74, 6) is 2.23. The van der Waals surface area contributed by atoms with Crippen molar-refractivity contribution in [1.29, 1.82) is 0 Å². The summed E-state index contributed by atoms with van der Waals surface area (Å²) in [7, 11) is 0. The minimum absolute atomic E-state index is 0.0172. The Hall–Kier alpha value is -0.0800. The summed E-state index contributed by atoms with van der Waals surface area (Å²) in [6.45, 7) is 8.65. The second-order valence-corrected chi connectivity index (χ2v) is 5.57. The maximum absolute atomic E-state index is 9.30. The third-order valence-corrected chi connectivity index (χ3v) is 3.89. The highest BCUT2D eigenvalue weighted by molar-refractivity contribution is 4.93. The van der Waals surface area contributed by atoms with Crippen LogP contribution in [0.25, 0.3) is 0 Å². The molecule has 89 valence electrons. The molecule has 0 saturated heterocycles. The Kier molecular flexibility index (Phi) is 4.60. The first-order chi connectivity index (χ1) is 6.93.